The number of benzene rings is 1. The molecule has 0 aliphatic carbocycles. The summed E-state index contributed by atoms with van der Waals surface area (Å²) in [6.45, 7) is 5.96. The van der Waals surface area contributed by atoms with E-state index >= 15 is 0 Å². The monoisotopic (exact) mass is 342 g/mol. The molecule has 25 heavy (non-hydrogen) atoms. The molecule has 134 valence electrons. The van der Waals surface area contributed by atoms with E-state index in [1.807, 2.05) is 49.1 Å². The molecule has 1 aliphatic heterocycles. The summed E-state index contributed by atoms with van der Waals surface area (Å²) in [5, 5.41) is 7.41. The van der Waals surface area contributed by atoms with E-state index in [2.05, 4.69) is 15.2 Å². The number of hydrogen-bond donors (Lipinski definition) is 1. The van der Waals surface area contributed by atoms with Gasteiger partial charge in [0.1, 0.15) is 5.82 Å². The lowest BCUT2D eigenvalue weighted by molar-refractivity contribution is -0.133. The number of hydrogen-bond acceptors (Lipinski definition) is 4. The number of amides is 1. The number of aromatic nitrogens is 3. The van der Waals surface area contributed by atoms with Gasteiger partial charge in [-0.1, -0.05) is 30.3 Å². The van der Waals surface area contributed by atoms with E-state index < -0.39 is 0 Å². The maximum atomic E-state index is 12.4. The van der Waals surface area contributed by atoms with Gasteiger partial charge in [-0.3, -0.25) is 9.89 Å². The molecular formula is C19H26N4O2. The minimum atomic E-state index is 0.160. The molecule has 3 rings (SSSR count). The molecule has 1 amide bonds. The van der Waals surface area contributed by atoms with Gasteiger partial charge in [-0.2, -0.15) is 5.10 Å². The average Bonchev–Trinajstić information content (AvgIpc) is 3.12. The van der Waals surface area contributed by atoms with Crippen LogP contribution in [-0.4, -0.2) is 51.8 Å². The molecule has 0 bridgehead atoms. The lowest BCUT2D eigenvalue weighted by Gasteiger charge is -2.31. The Morgan fingerprint density at radius 1 is 1.36 bits per heavy atom. The predicted molar refractivity (Wildman–Crippen MR) is 96.1 cm³/mol. The smallest absolute Gasteiger partial charge is 0.224 e. The molecule has 6 heteroatoms. The Hall–Kier alpha value is -2.21. The molecule has 0 unspecified atom stereocenters. The van der Waals surface area contributed by atoms with Crippen LogP contribution in [0, 0.1) is 0 Å². The Kier molecular flexibility index (Phi) is 5.81. The number of carbonyl (C=O) groups excluding carboxylic acids is 1. The van der Waals surface area contributed by atoms with Gasteiger partial charge < -0.3 is 9.64 Å². The van der Waals surface area contributed by atoms with E-state index in [1.165, 1.54) is 0 Å². The fraction of sp³-hybridized carbons (Fsp3) is 0.526. The van der Waals surface area contributed by atoms with Gasteiger partial charge in [-0.25, -0.2) is 4.98 Å². The van der Waals surface area contributed by atoms with Crippen LogP contribution in [0.5, 0.6) is 0 Å². The molecule has 1 aromatic heterocycles. The largest absolute Gasteiger partial charge is 0.378 e. The van der Waals surface area contributed by atoms with Crippen LogP contribution in [0.1, 0.15) is 44.9 Å². The molecule has 0 radical (unpaired) electrons. The number of carbonyl (C=O) groups is 1. The highest BCUT2D eigenvalue weighted by Crippen LogP contribution is 2.26. The van der Waals surface area contributed by atoms with E-state index in [-0.39, 0.29) is 17.9 Å². The highest BCUT2D eigenvalue weighted by molar-refractivity contribution is 5.76. The minimum absolute atomic E-state index is 0.160. The van der Waals surface area contributed by atoms with Crippen molar-refractivity contribution in [2.45, 2.75) is 45.1 Å². The van der Waals surface area contributed by atoms with Gasteiger partial charge in [0.25, 0.3) is 0 Å². The summed E-state index contributed by atoms with van der Waals surface area (Å²) in [5.41, 5.74) is 1.000. The summed E-state index contributed by atoms with van der Waals surface area (Å²) in [5.74, 6) is 1.96. The Balaban J connectivity index is 1.60. The Morgan fingerprint density at radius 3 is 2.92 bits per heavy atom. The number of nitrogens with zero attached hydrogens (tertiary/aromatic N) is 3. The maximum absolute atomic E-state index is 12.4. The number of rotatable bonds is 6. The van der Waals surface area contributed by atoms with Crippen LogP contribution in [-0.2, 0) is 9.53 Å². The molecule has 1 aromatic carbocycles. The van der Waals surface area contributed by atoms with Crippen LogP contribution in [0.4, 0.5) is 0 Å². The zero-order valence-corrected chi connectivity index (χ0v) is 14.9. The first-order chi connectivity index (χ1) is 12.1. The van der Waals surface area contributed by atoms with Crippen LogP contribution >= 0.6 is 0 Å². The van der Waals surface area contributed by atoms with E-state index in [1.54, 1.807) is 0 Å². The molecule has 1 aliphatic rings. The number of ether oxygens (including phenoxy) is 1. The zero-order valence-electron chi connectivity index (χ0n) is 14.9. The van der Waals surface area contributed by atoms with E-state index in [0.29, 0.717) is 25.4 Å². The first-order valence-corrected chi connectivity index (χ1v) is 9.00. The standard InChI is InChI=1S/C19H26N4O2/c1-14(2)25-12-10-17(24)23-11-6-9-16(13-23)19-20-18(21-22-19)15-7-4-3-5-8-15/h3-5,7-8,14,16H,6,9-13H2,1-2H3,(H,20,21,22)/t16-/m1/s1. The van der Waals surface area contributed by atoms with Crippen LogP contribution in [0.2, 0.25) is 0 Å². The summed E-state index contributed by atoms with van der Waals surface area (Å²) in [4.78, 5) is 19.0. The molecule has 2 heterocycles. The number of aromatic amines is 1. The van der Waals surface area contributed by atoms with Crippen molar-refractivity contribution in [2.24, 2.45) is 0 Å². The molecule has 1 atom stereocenters. The van der Waals surface area contributed by atoms with Crippen LogP contribution in [0.3, 0.4) is 0 Å². The number of nitrogens with one attached hydrogen (secondary N) is 1. The van der Waals surface area contributed by atoms with Gasteiger partial charge in [0.05, 0.1) is 19.1 Å². The van der Waals surface area contributed by atoms with E-state index in [4.69, 9.17) is 4.74 Å². The third-order valence-electron chi connectivity index (χ3n) is 4.46. The molecule has 0 spiro atoms. The van der Waals surface area contributed by atoms with E-state index in [9.17, 15) is 4.79 Å². The van der Waals surface area contributed by atoms with Crippen LogP contribution in [0.25, 0.3) is 11.4 Å². The quantitative estimate of drug-likeness (QED) is 0.876. The van der Waals surface area contributed by atoms with Crippen molar-refractivity contribution in [3.63, 3.8) is 0 Å². The lowest BCUT2D eigenvalue weighted by atomic mass is 9.97. The molecule has 2 aromatic rings. The second-order valence-corrected chi connectivity index (χ2v) is 6.76. The first-order valence-electron chi connectivity index (χ1n) is 9.00. The first kappa shape index (κ1) is 17.6. The zero-order chi connectivity index (χ0) is 17.6. The van der Waals surface area contributed by atoms with Crippen molar-refractivity contribution >= 4 is 5.91 Å². The topological polar surface area (TPSA) is 71.1 Å². The molecular weight excluding hydrogens is 316 g/mol. The number of H-pyrrole nitrogens is 1. The minimum Gasteiger partial charge on any atom is -0.378 e. The van der Waals surface area contributed by atoms with Gasteiger partial charge in [-0.15, -0.1) is 0 Å². The highest BCUT2D eigenvalue weighted by Gasteiger charge is 2.27. The van der Waals surface area contributed by atoms with Crippen molar-refractivity contribution in [3.05, 3.63) is 36.2 Å². The average molecular weight is 342 g/mol. The van der Waals surface area contributed by atoms with Crippen molar-refractivity contribution in [3.8, 4) is 11.4 Å². The third kappa shape index (κ3) is 4.66. The van der Waals surface area contributed by atoms with Crippen molar-refractivity contribution in [1.29, 1.82) is 0 Å². The Labute approximate surface area is 148 Å². The van der Waals surface area contributed by atoms with Gasteiger partial charge >= 0.3 is 0 Å². The van der Waals surface area contributed by atoms with Crippen molar-refractivity contribution in [2.75, 3.05) is 19.7 Å². The number of likely N-dealkylation sites (tertiary alicyclic amines) is 1. The Bertz CT molecular complexity index is 684. The SMILES string of the molecule is CC(C)OCCC(=O)N1CCC[C@@H](c2nc(-c3ccccc3)n[nH]2)C1. The molecule has 1 fully saturated rings. The van der Waals surface area contributed by atoms with Gasteiger partial charge in [-0.05, 0) is 26.7 Å². The molecule has 6 nitrogen and oxygen atoms in total. The predicted octanol–water partition coefficient (Wildman–Crippen LogP) is 2.99. The third-order valence-corrected chi connectivity index (χ3v) is 4.46. The Morgan fingerprint density at radius 2 is 2.16 bits per heavy atom. The van der Waals surface area contributed by atoms with Gasteiger partial charge in [0.2, 0.25) is 5.91 Å². The van der Waals surface area contributed by atoms with Crippen LogP contribution < -0.4 is 0 Å². The fourth-order valence-corrected chi connectivity index (χ4v) is 3.14. The summed E-state index contributed by atoms with van der Waals surface area (Å²) in [6, 6.07) is 9.93. The maximum Gasteiger partial charge on any atom is 0.224 e. The van der Waals surface area contributed by atoms with Gasteiger partial charge in [0.15, 0.2) is 5.82 Å². The highest BCUT2D eigenvalue weighted by atomic mass is 16.5. The summed E-state index contributed by atoms with van der Waals surface area (Å²) in [6.07, 6.45) is 2.61. The fourth-order valence-electron chi connectivity index (χ4n) is 3.14. The van der Waals surface area contributed by atoms with Gasteiger partial charge in [0, 0.05) is 24.6 Å². The van der Waals surface area contributed by atoms with Crippen LogP contribution in [0.15, 0.2) is 30.3 Å². The summed E-state index contributed by atoms with van der Waals surface area (Å²) >= 11 is 0. The normalized spacial score (nSPS) is 17.9. The molecule has 1 saturated heterocycles. The van der Waals surface area contributed by atoms with Crippen molar-refractivity contribution < 1.29 is 9.53 Å². The number of piperidine rings is 1. The van der Waals surface area contributed by atoms with Crippen molar-refractivity contribution in [1.82, 2.24) is 20.1 Å². The lowest BCUT2D eigenvalue weighted by Crippen LogP contribution is -2.39. The van der Waals surface area contributed by atoms with E-state index in [0.717, 1.165) is 30.8 Å². The summed E-state index contributed by atoms with van der Waals surface area (Å²) < 4.78 is 5.49. The second-order valence-electron chi connectivity index (χ2n) is 6.76. The summed E-state index contributed by atoms with van der Waals surface area (Å²) in [7, 11) is 0. The molecule has 0 saturated carbocycles. The molecule has 1 N–H and O–H groups in total. The second kappa shape index (κ2) is 8.25.